The topological polar surface area (TPSA) is 74.2 Å². The number of aromatic nitrogens is 1. The molecule has 1 aromatic heterocycles. The van der Waals surface area contributed by atoms with E-state index in [0.717, 1.165) is 24.8 Å². The predicted molar refractivity (Wildman–Crippen MR) is 82.6 cm³/mol. The van der Waals surface area contributed by atoms with Gasteiger partial charge in [-0.2, -0.15) is 0 Å². The quantitative estimate of drug-likeness (QED) is 0.894. The molecule has 1 saturated carbocycles. The van der Waals surface area contributed by atoms with Crippen molar-refractivity contribution < 1.29 is 4.74 Å². The Bertz CT molecular complexity index is 464. The lowest BCUT2D eigenvalue weighted by Crippen LogP contribution is -2.47. The van der Waals surface area contributed by atoms with Crippen LogP contribution in [0.2, 0.25) is 5.02 Å². The van der Waals surface area contributed by atoms with Crippen molar-refractivity contribution in [1.82, 2.24) is 4.98 Å². The van der Waals surface area contributed by atoms with E-state index in [1.54, 1.807) is 6.20 Å². The zero-order valence-corrected chi connectivity index (χ0v) is 13.0. The van der Waals surface area contributed by atoms with Gasteiger partial charge in [-0.05, 0) is 31.7 Å². The molecule has 1 aromatic rings. The van der Waals surface area contributed by atoms with Crippen molar-refractivity contribution >= 4 is 17.4 Å². The third-order valence-corrected chi connectivity index (χ3v) is 4.45. The van der Waals surface area contributed by atoms with Crippen molar-refractivity contribution in [3.8, 4) is 0 Å². The van der Waals surface area contributed by atoms with Crippen LogP contribution in [0.4, 0.5) is 5.82 Å². The highest BCUT2D eigenvalue weighted by atomic mass is 35.5. The summed E-state index contributed by atoms with van der Waals surface area (Å²) in [7, 11) is 0. The summed E-state index contributed by atoms with van der Waals surface area (Å²) in [6, 6.07) is 1.52. The van der Waals surface area contributed by atoms with Crippen molar-refractivity contribution in [3.63, 3.8) is 0 Å². The molecule has 3 atom stereocenters. The third kappa shape index (κ3) is 3.08. The van der Waals surface area contributed by atoms with Gasteiger partial charge in [-0.1, -0.05) is 31.4 Å². The molecule has 1 heterocycles. The van der Waals surface area contributed by atoms with Crippen LogP contribution in [-0.4, -0.2) is 17.2 Å². The molecule has 0 aliphatic heterocycles. The first-order chi connectivity index (χ1) is 9.48. The summed E-state index contributed by atoms with van der Waals surface area (Å²) in [6.07, 6.45) is 5.81. The Morgan fingerprint density at radius 2 is 2.35 bits per heavy atom. The average Bonchev–Trinajstić information content (AvgIpc) is 2.41. The van der Waals surface area contributed by atoms with Crippen LogP contribution in [0, 0.1) is 5.92 Å². The van der Waals surface area contributed by atoms with Crippen LogP contribution in [0.15, 0.2) is 12.3 Å². The average molecular weight is 298 g/mol. The van der Waals surface area contributed by atoms with Crippen molar-refractivity contribution in [3.05, 3.63) is 22.8 Å². The van der Waals surface area contributed by atoms with Crippen LogP contribution < -0.4 is 11.5 Å². The summed E-state index contributed by atoms with van der Waals surface area (Å²) in [5.74, 6) is 1.05. The highest BCUT2D eigenvalue weighted by molar-refractivity contribution is 6.30. The Labute approximate surface area is 125 Å². The number of halogens is 1. The van der Waals surface area contributed by atoms with Crippen LogP contribution >= 0.6 is 11.6 Å². The first-order valence-electron chi connectivity index (χ1n) is 7.29. The van der Waals surface area contributed by atoms with Crippen LogP contribution in [-0.2, 0) is 4.74 Å². The second-order valence-electron chi connectivity index (χ2n) is 5.80. The second kappa shape index (κ2) is 6.29. The normalized spacial score (nSPS) is 28.3. The molecule has 1 aliphatic carbocycles. The molecule has 0 radical (unpaired) electrons. The number of nitrogens with two attached hydrogens (primary N) is 2. The minimum Gasteiger partial charge on any atom is -0.383 e. The van der Waals surface area contributed by atoms with E-state index >= 15 is 0 Å². The van der Waals surface area contributed by atoms with Crippen molar-refractivity contribution in [1.29, 1.82) is 0 Å². The highest BCUT2D eigenvalue weighted by Gasteiger charge is 2.42. The molecule has 0 spiro atoms. The third-order valence-electron chi connectivity index (χ3n) is 4.24. The number of nitrogen functional groups attached to an aromatic ring is 1. The summed E-state index contributed by atoms with van der Waals surface area (Å²) in [6.45, 7) is 4.90. The molecular weight excluding hydrogens is 274 g/mol. The van der Waals surface area contributed by atoms with Crippen LogP contribution in [0.1, 0.15) is 51.1 Å². The van der Waals surface area contributed by atoms with Gasteiger partial charge < -0.3 is 16.2 Å². The SMILES string of the molecule is CCOC1(C(N)c2cc(Cl)cnc2N)CCCC(C)C1. The van der Waals surface area contributed by atoms with Gasteiger partial charge in [-0.15, -0.1) is 0 Å². The van der Waals surface area contributed by atoms with E-state index in [0.29, 0.717) is 23.4 Å². The smallest absolute Gasteiger partial charge is 0.128 e. The fourth-order valence-corrected chi connectivity index (χ4v) is 3.50. The van der Waals surface area contributed by atoms with Crippen molar-refractivity contribution in [2.75, 3.05) is 12.3 Å². The molecule has 2 rings (SSSR count). The van der Waals surface area contributed by atoms with Crippen LogP contribution in [0.25, 0.3) is 0 Å². The maximum atomic E-state index is 6.52. The second-order valence-corrected chi connectivity index (χ2v) is 6.24. The number of rotatable bonds is 4. The van der Waals surface area contributed by atoms with Gasteiger partial charge >= 0.3 is 0 Å². The molecule has 0 amide bonds. The Balaban J connectivity index is 2.35. The first kappa shape index (κ1) is 15.5. The van der Waals surface area contributed by atoms with Gasteiger partial charge in [0.1, 0.15) is 5.82 Å². The number of hydrogen-bond acceptors (Lipinski definition) is 4. The molecule has 1 fully saturated rings. The van der Waals surface area contributed by atoms with E-state index < -0.39 is 0 Å². The lowest BCUT2D eigenvalue weighted by Gasteiger charge is -2.44. The van der Waals surface area contributed by atoms with Crippen molar-refractivity contribution in [2.24, 2.45) is 11.7 Å². The Hall–Kier alpha value is -0.840. The maximum Gasteiger partial charge on any atom is 0.128 e. The first-order valence-corrected chi connectivity index (χ1v) is 7.66. The fraction of sp³-hybridized carbons (Fsp3) is 0.667. The van der Waals surface area contributed by atoms with Gasteiger partial charge in [-0.3, -0.25) is 0 Å². The standard InChI is InChI=1S/C15H24ClN3O/c1-3-20-15(6-4-5-10(2)8-15)13(17)12-7-11(16)9-19-14(12)18/h7,9-10,13H,3-6,8,17H2,1-2H3,(H2,18,19). The Kier molecular flexibility index (Phi) is 4.89. The molecule has 20 heavy (non-hydrogen) atoms. The summed E-state index contributed by atoms with van der Waals surface area (Å²) in [5.41, 5.74) is 12.9. The van der Waals surface area contributed by atoms with E-state index in [1.165, 1.54) is 6.42 Å². The number of anilines is 1. The molecule has 4 N–H and O–H groups in total. The van der Waals surface area contributed by atoms with E-state index in [9.17, 15) is 0 Å². The lowest BCUT2D eigenvalue weighted by molar-refractivity contribution is -0.0937. The predicted octanol–water partition coefficient (Wildman–Crippen LogP) is 3.30. The number of ether oxygens (including phenoxy) is 1. The van der Waals surface area contributed by atoms with Crippen molar-refractivity contribution in [2.45, 2.75) is 51.2 Å². The van der Waals surface area contributed by atoms with Gasteiger partial charge in [0.2, 0.25) is 0 Å². The monoisotopic (exact) mass is 297 g/mol. The molecule has 4 nitrogen and oxygen atoms in total. The minimum absolute atomic E-state index is 0.295. The number of nitrogens with zero attached hydrogens (tertiary/aromatic N) is 1. The summed E-state index contributed by atoms with van der Waals surface area (Å²) in [5, 5.41) is 0.556. The summed E-state index contributed by atoms with van der Waals surface area (Å²) >= 11 is 6.04. The minimum atomic E-state index is -0.354. The van der Waals surface area contributed by atoms with Gasteiger partial charge in [0, 0.05) is 18.4 Å². The van der Waals surface area contributed by atoms with Crippen LogP contribution in [0.3, 0.4) is 0 Å². The van der Waals surface area contributed by atoms with Gasteiger partial charge in [0.25, 0.3) is 0 Å². The van der Waals surface area contributed by atoms with Crippen LogP contribution in [0.5, 0.6) is 0 Å². The molecule has 112 valence electrons. The molecule has 3 unspecified atom stereocenters. The number of pyridine rings is 1. The molecular formula is C15H24ClN3O. The fourth-order valence-electron chi connectivity index (χ4n) is 3.33. The molecule has 0 bridgehead atoms. The highest BCUT2D eigenvalue weighted by Crippen LogP contribution is 2.43. The summed E-state index contributed by atoms with van der Waals surface area (Å²) in [4.78, 5) is 4.12. The van der Waals surface area contributed by atoms with Gasteiger partial charge in [0.05, 0.1) is 16.7 Å². The zero-order chi connectivity index (χ0) is 14.8. The van der Waals surface area contributed by atoms with Gasteiger partial charge in [0.15, 0.2) is 0 Å². The molecule has 1 aliphatic rings. The molecule has 5 heteroatoms. The van der Waals surface area contributed by atoms with E-state index in [1.807, 2.05) is 13.0 Å². The summed E-state index contributed by atoms with van der Waals surface area (Å²) < 4.78 is 6.10. The van der Waals surface area contributed by atoms with Gasteiger partial charge in [-0.25, -0.2) is 4.98 Å². The lowest BCUT2D eigenvalue weighted by atomic mass is 9.73. The zero-order valence-electron chi connectivity index (χ0n) is 12.2. The maximum absolute atomic E-state index is 6.52. The Morgan fingerprint density at radius 3 is 3.00 bits per heavy atom. The number of hydrogen-bond donors (Lipinski definition) is 2. The molecule has 0 aromatic carbocycles. The molecule has 0 saturated heterocycles. The van der Waals surface area contributed by atoms with E-state index in [2.05, 4.69) is 11.9 Å². The van der Waals surface area contributed by atoms with E-state index in [4.69, 9.17) is 27.8 Å². The largest absolute Gasteiger partial charge is 0.383 e. The van der Waals surface area contributed by atoms with E-state index in [-0.39, 0.29) is 11.6 Å². The Morgan fingerprint density at radius 1 is 1.60 bits per heavy atom.